The van der Waals surface area contributed by atoms with Gasteiger partial charge in [0.25, 0.3) is 0 Å². The third-order valence-electron chi connectivity index (χ3n) is 4.76. The molecule has 0 bridgehead atoms. The van der Waals surface area contributed by atoms with Crippen LogP contribution in [0.4, 0.5) is 5.69 Å². The molecule has 3 heterocycles. The molecule has 2 aromatic heterocycles. The van der Waals surface area contributed by atoms with Gasteiger partial charge in [0.1, 0.15) is 11.5 Å². The smallest absolute Gasteiger partial charge is 0.228 e. The summed E-state index contributed by atoms with van der Waals surface area (Å²) in [5.41, 5.74) is 0.705. The maximum atomic E-state index is 13.2. The number of hydrogen-bond acceptors (Lipinski definition) is 4. The molecular formula is C21H19ClN2O4. The highest BCUT2D eigenvalue weighted by atomic mass is 35.5. The van der Waals surface area contributed by atoms with Crippen molar-refractivity contribution in [3.8, 4) is 0 Å². The van der Waals surface area contributed by atoms with Crippen LogP contribution in [0.15, 0.2) is 69.9 Å². The van der Waals surface area contributed by atoms with Gasteiger partial charge < -0.3 is 18.6 Å². The molecule has 1 unspecified atom stereocenters. The topological polar surface area (TPSA) is 66.9 Å². The lowest BCUT2D eigenvalue weighted by Crippen LogP contribution is -2.36. The van der Waals surface area contributed by atoms with Gasteiger partial charge in [-0.05, 0) is 42.5 Å². The summed E-state index contributed by atoms with van der Waals surface area (Å²) >= 11 is 6.05. The minimum atomic E-state index is -0.434. The molecule has 1 fully saturated rings. The number of anilines is 1. The largest absolute Gasteiger partial charge is 0.467 e. The van der Waals surface area contributed by atoms with E-state index in [1.54, 1.807) is 52.7 Å². The van der Waals surface area contributed by atoms with Crippen molar-refractivity contribution in [1.29, 1.82) is 0 Å². The molecule has 0 N–H and O–H groups in total. The van der Waals surface area contributed by atoms with Crippen LogP contribution >= 0.6 is 11.6 Å². The Balaban J connectivity index is 1.52. The molecule has 1 saturated heterocycles. The number of carbonyl (C=O) groups excluding carboxylic acids is 2. The van der Waals surface area contributed by atoms with E-state index in [0.29, 0.717) is 41.9 Å². The number of amides is 2. The van der Waals surface area contributed by atoms with Gasteiger partial charge in [0.15, 0.2) is 0 Å². The molecule has 28 heavy (non-hydrogen) atoms. The van der Waals surface area contributed by atoms with E-state index in [-0.39, 0.29) is 18.2 Å². The van der Waals surface area contributed by atoms with Gasteiger partial charge >= 0.3 is 0 Å². The van der Waals surface area contributed by atoms with Gasteiger partial charge in [-0.3, -0.25) is 9.59 Å². The fourth-order valence-corrected chi connectivity index (χ4v) is 3.60. The van der Waals surface area contributed by atoms with Crippen LogP contribution < -0.4 is 4.90 Å². The summed E-state index contributed by atoms with van der Waals surface area (Å²) in [4.78, 5) is 29.0. The van der Waals surface area contributed by atoms with E-state index in [0.717, 1.165) is 0 Å². The van der Waals surface area contributed by atoms with Crippen LogP contribution in [0.3, 0.4) is 0 Å². The molecule has 1 aliphatic heterocycles. The molecule has 4 rings (SSSR count). The van der Waals surface area contributed by atoms with Gasteiger partial charge in [0.2, 0.25) is 11.8 Å². The Bertz CT molecular complexity index is 916. The van der Waals surface area contributed by atoms with Crippen LogP contribution in [-0.4, -0.2) is 23.3 Å². The zero-order valence-electron chi connectivity index (χ0n) is 15.1. The summed E-state index contributed by atoms with van der Waals surface area (Å²) in [5.74, 6) is 0.727. The van der Waals surface area contributed by atoms with E-state index >= 15 is 0 Å². The van der Waals surface area contributed by atoms with Gasteiger partial charge in [-0.1, -0.05) is 17.7 Å². The first-order valence-corrected chi connectivity index (χ1v) is 9.37. The van der Waals surface area contributed by atoms with Gasteiger partial charge in [-0.15, -0.1) is 0 Å². The Morgan fingerprint density at radius 3 is 2.32 bits per heavy atom. The van der Waals surface area contributed by atoms with Crippen molar-refractivity contribution in [3.63, 3.8) is 0 Å². The summed E-state index contributed by atoms with van der Waals surface area (Å²) < 4.78 is 10.8. The number of hydrogen-bond donors (Lipinski definition) is 0. The zero-order chi connectivity index (χ0) is 19.5. The maximum Gasteiger partial charge on any atom is 0.228 e. The number of halogens is 1. The van der Waals surface area contributed by atoms with Crippen LogP contribution in [-0.2, 0) is 22.7 Å². The lowest BCUT2D eigenvalue weighted by atomic mass is 10.1. The molecular weight excluding hydrogens is 380 g/mol. The lowest BCUT2D eigenvalue weighted by Gasteiger charge is -2.24. The van der Waals surface area contributed by atoms with Crippen molar-refractivity contribution in [2.45, 2.75) is 19.5 Å². The average Bonchev–Trinajstić information content (AvgIpc) is 3.43. The summed E-state index contributed by atoms with van der Waals surface area (Å²) in [6.45, 7) is 0.952. The van der Waals surface area contributed by atoms with Crippen molar-refractivity contribution >= 4 is 29.1 Å². The normalized spacial score (nSPS) is 16.5. The van der Waals surface area contributed by atoms with E-state index < -0.39 is 5.92 Å². The zero-order valence-corrected chi connectivity index (χ0v) is 15.8. The van der Waals surface area contributed by atoms with Gasteiger partial charge in [0, 0.05) is 23.7 Å². The van der Waals surface area contributed by atoms with Crippen LogP contribution in [0.2, 0.25) is 5.02 Å². The minimum Gasteiger partial charge on any atom is -0.467 e. The molecule has 1 aliphatic rings. The second-order valence-electron chi connectivity index (χ2n) is 6.74. The fraction of sp³-hybridized carbons (Fsp3) is 0.238. The van der Waals surface area contributed by atoms with E-state index in [9.17, 15) is 9.59 Å². The maximum absolute atomic E-state index is 13.2. The molecule has 0 aliphatic carbocycles. The molecule has 0 spiro atoms. The molecule has 0 saturated carbocycles. The minimum absolute atomic E-state index is 0.0865. The van der Waals surface area contributed by atoms with E-state index in [2.05, 4.69) is 0 Å². The number of carbonyl (C=O) groups is 2. The standard InChI is InChI=1S/C21H19ClN2O4/c22-16-4-1-5-17(11-16)24-12-15(10-20(24)25)21(26)23(13-18-6-2-8-27-18)14-19-7-3-9-28-19/h1-9,11,15H,10,12-14H2. The molecule has 1 atom stereocenters. The van der Waals surface area contributed by atoms with Crippen molar-refractivity contribution in [2.24, 2.45) is 5.92 Å². The summed E-state index contributed by atoms with van der Waals surface area (Å²) in [5, 5.41) is 0.553. The number of furan rings is 2. The second-order valence-corrected chi connectivity index (χ2v) is 7.17. The first-order chi connectivity index (χ1) is 13.6. The first kappa shape index (κ1) is 18.4. The second kappa shape index (κ2) is 7.94. The third kappa shape index (κ3) is 3.97. The predicted octanol–water partition coefficient (Wildman–Crippen LogP) is 4.11. The Morgan fingerprint density at radius 1 is 1.07 bits per heavy atom. The van der Waals surface area contributed by atoms with E-state index in [4.69, 9.17) is 20.4 Å². The van der Waals surface area contributed by atoms with Gasteiger partial charge in [0.05, 0.1) is 31.5 Å². The quantitative estimate of drug-likeness (QED) is 0.626. The molecule has 3 aromatic rings. The predicted molar refractivity (Wildman–Crippen MR) is 104 cm³/mol. The van der Waals surface area contributed by atoms with Crippen LogP contribution in [0, 0.1) is 5.92 Å². The first-order valence-electron chi connectivity index (χ1n) is 8.99. The highest BCUT2D eigenvalue weighted by Crippen LogP contribution is 2.29. The Labute approximate surface area is 167 Å². The highest BCUT2D eigenvalue weighted by molar-refractivity contribution is 6.31. The monoisotopic (exact) mass is 398 g/mol. The highest BCUT2D eigenvalue weighted by Gasteiger charge is 2.37. The number of benzene rings is 1. The molecule has 0 radical (unpaired) electrons. The Morgan fingerprint density at radius 2 is 1.75 bits per heavy atom. The number of rotatable bonds is 6. The average molecular weight is 399 g/mol. The SMILES string of the molecule is O=C(C1CC(=O)N(c2cccc(Cl)c2)C1)N(Cc1ccco1)Cc1ccco1. The van der Waals surface area contributed by atoms with Crippen molar-refractivity contribution in [3.05, 3.63) is 77.6 Å². The summed E-state index contributed by atoms with van der Waals surface area (Å²) in [7, 11) is 0. The van der Waals surface area contributed by atoms with Crippen molar-refractivity contribution < 1.29 is 18.4 Å². The molecule has 2 amide bonds. The fourth-order valence-electron chi connectivity index (χ4n) is 3.42. The Hall–Kier alpha value is -2.99. The van der Waals surface area contributed by atoms with Crippen molar-refractivity contribution in [1.82, 2.24) is 4.90 Å². The molecule has 7 heteroatoms. The van der Waals surface area contributed by atoms with E-state index in [1.165, 1.54) is 0 Å². The molecule has 1 aromatic carbocycles. The lowest BCUT2D eigenvalue weighted by molar-refractivity contribution is -0.137. The van der Waals surface area contributed by atoms with Gasteiger partial charge in [-0.2, -0.15) is 0 Å². The van der Waals surface area contributed by atoms with Crippen LogP contribution in [0.5, 0.6) is 0 Å². The van der Waals surface area contributed by atoms with Crippen molar-refractivity contribution in [2.75, 3.05) is 11.4 Å². The van der Waals surface area contributed by atoms with Crippen LogP contribution in [0.25, 0.3) is 0 Å². The Kier molecular flexibility index (Phi) is 5.21. The summed E-state index contributed by atoms with van der Waals surface area (Å²) in [6.07, 6.45) is 3.31. The van der Waals surface area contributed by atoms with Crippen LogP contribution in [0.1, 0.15) is 17.9 Å². The number of nitrogens with zero attached hydrogens (tertiary/aromatic N) is 2. The molecule has 144 valence electrons. The third-order valence-corrected chi connectivity index (χ3v) is 4.99. The van der Waals surface area contributed by atoms with Gasteiger partial charge in [-0.25, -0.2) is 0 Å². The molecule has 6 nitrogen and oxygen atoms in total. The summed E-state index contributed by atoms with van der Waals surface area (Å²) in [6, 6.07) is 14.3. The van der Waals surface area contributed by atoms with E-state index in [1.807, 2.05) is 18.2 Å².